The zero-order valence-electron chi connectivity index (χ0n) is 13.4. The van der Waals surface area contributed by atoms with E-state index < -0.39 is 5.97 Å². The number of carboxylic acid groups (broad SMARTS) is 1. The molecular formula is C17H21N3O2S. The van der Waals surface area contributed by atoms with Gasteiger partial charge in [-0.05, 0) is 49.9 Å². The van der Waals surface area contributed by atoms with Crippen LogP contribution in [0.5, 0.6) is 0 Å². The molecule has 1 aromatic carbocycles. The van der Waals surface area contributed by atoms with Crippen molar-refractivity contribution < 1.29 is 9.90 Å². The first-order valence-electron chi connectivity index (χ1n) is 7.85. The lowest BCUT2D eigenvalue weighted by Crippen LogP contribution is -2.32. The Kier molecular flexibility index (Phi) is 4.52. The van der Waals surface area contributed by atoms with Crippen molar-refractivity contribution in [2.75, 3.05) is 23.3 Å². The molecule has 2 N–H and O–H groups in total. The van der Waals surface area contributed by atoms with Crippen molar-refractivity contribution in [2.45, 2.75) is 26.7 Å². The molecule has 5 nitrogen and oxygen atoms in total. The third-order valence-electron chi connectivity index (χ3n) is 4.26. The Morgan fingerprint density at radius 3 is 2.52 bits per heavy atom. The zero-order chi connectivity index (χ0) is 16.4. The number of anilines is 3. The molecule has 1 aliphatic heterocycles. The normalized spacial score (nSPS) is 15.7. The number of carbonyl (C=O) groups is 1. The molecule has 0 amide bonds. The number of carboxylic acids is 1. The molecular weight excluding hydrogens is 310 g/mol. The monoisotopic (exact) mass is 331 g/mol. The summed E-state index contributed by atoms with van der Waals surface area (Å²) >= 11 is 1.16. The highest BCUT2D eigenvalue weighted by atomic mass is 32.1. The maximum atomic E-state index is 11.1. The van der Waals surface area contributed by atoms with E-state index in [9.17, 15) is 4.79 Å². The average molecular weight is 331 g/mol. The Labute approximate surface area is 140 Å². The van der Waals surface area contributed by atoms with Crippen molar-refractivity contribution in [3.05, 3.63) is 34.8 Å². The quantitative estimate of drug-likeness (QED) is 0.882. The maximum absolute atomic E-state index is 11.1. The largest absolute Gasteiger partial charge is 0.477 e. The fourth-order valence-electron chi connectivity index (χ4n) is 2.79. The zero-order valence-corrected chi connectivity index (χ0v) is 14.2. The highest BCUT2D eigenvalue weighted by Gasteiger charge is 2.16. The first-order chi connectivity index (χ1) is 11.0. The molecule has 1 fully saturated rings. The summed E-state index contributed by atoms with van der Waals surface area (Å²) in [6.45, 7) is 6.25. The third kappa shape index (κ3) is 3.64. The fraction of sp³-hybridized carbons (Fsp3) is 0.412. The standard InChI is InChI=1S/C17H21N3O2S/c1-11-7-9-20(10-8-11)14-5-3-13(4-6-14)19-17-18-12(2)15(23-17)16(21)22/h3-6,11H,7-10H2,1-2H3,(H,18,19)(H,21,22). The molecule has 0 bridgehead atoms. The van der Waals surface area contributed by atoms with E-state index in [0.717, 1.165) is 36.0 Å². The molecule has 1 aromatic heterocycles. The van der Waals surface area contributed by atoms with Crippen LogP contribution in [0.1, 0.15) is 35.1 Å². The molecule has 1 saturated heterocycles. The number of thiazole rings is 1. The second-order valence-corrected chi connectivity index (χ2v) is 7.08. The summed E-state index contributed by atoms with van der Waals surface area (Å²) < 4.78 is 0. The van der Waals surface area contributed by atoms with E-state index >= 15 is 0 Å². The Bertz CT molecular complexity index is 688. The Morgan fingerprint density at radius 2 is 1.96 bits per heavy atom. The van der Waals surface area contributed by atoms with Gasteiger partial charge in [-0.2, -0.15) is 0 Å². The van der Waals surface area contributed by atoms with E-state index in [1.165, 1.54) is 18.5 Å². The van der Waals surface area contributed by atoms with Crippen LogP contribution in [0.2, 0.25) is 0 Å². The van der Waals surface area contributed by atoms with E-state index in [1.807, 2.05) is 12.1 Å². The number of benzene rings is 1. The molecule has 0 saturated carbocycles. The van der Waals surface area contributed by atoms with Crippen molar-refractivity contribution in [2.24, 2.45) is 5.92 Å². The van der Waals surface area contributed by atoms with Crippen LogP contribution in [0.4, 0.5) is 16.5 Å². The summed E-state index contributed by atoms with van der Waals surface area (Å²) in [5.41, 5.74) is 2.71. The van der Waals surface area contributed by atoms with Crippen LogP contribution < -0.4 is 10.2 Å². The number of piperidine rings is 1. The summed E-state index contributed by atoms with van der Waals surface area (Å²) in [6.07, 6.45) is 2.49. The van der Waals surface area contributed by atoms with Crippen LogP contribution in [0.25, 0.3) is 0 Å². The van der Waals surface area contributed by atoms with Gasteiger partial charge in [-0.15, -0.1) is 0 Å². The summed E-state index contributed by atoms with van der Waals surface area (Å²) in [5.74, 6) is -0.105. The summed E-state index contributed by atoms with van der Waals surface area (Å²) in [6, 6.07) is 8.25. The van der Waals surface area contributed by atoms with Crippen LogP contribution in [0, 0.1) is 12.8 Å². The molecule has 0 spiro atoms. The molecule has 122 valence electrons. The van der Waals surface area contributed by atoms with E-state index in [0.29, 0.717) is 10.8 Å². The number of hydrogen-bond donors (Lipinski definition) is 2. The predicted molar refractivity (Wildman–Crippen MR) is 94.1 cm³/mol. The molecule has 23 heavy (non-hydrogen) atoms. The van der Waals surface area contributed by atoms with Gasteiger partial charge in [0, 0.05) is 24.5 Å². The second kappa shape index (κ2) is 6.58. The average Bonchev–Trinajstić information content (AvgIpc) is 2.90. The third-order valence-corrected chi connectivity index (χ3v) is 5.32. The van der Waals surface area contributed by atoms with Crippen LogP contribution in [0.3, 0.4) is 0 Å². The lowest BCUT2D eigenvalue weighted by Gasteiger charge is -2.32. The fourth-order valence-corrected chi connectivity index (χ4v) is 3.62. The van der Waals surface area contributed by atoms with E-state index in [-0.39, 0.29) is 4.88 Å². The van der Waals surface area contributed by atoms with E-state index in [2.05, 4.69) is 34.3 Å². The van der Waals surface area contributed by atoms with Gasteiger partial charge in [-0.1, -0.05) is 18.3 Å². The van der Waals surface area contributed by atoms with Gasteiger partial charge in [0.2, 0.25) is 0 Å². The van der Waals surface area contributed by atoms with Gasteiger partial charge in [0.15, 0.2) is 5.13 Å². The molecule has 0 radical (unpaired) electrons. The minimum Gasteiger partial charge on any atom is -0.477 e. The van der Waals surface area contributed by atoms with Crippen LogP contribution in [0.15, 0.2) is 24.3 Å². The van der Waals surface area contributed by atoms with Crippen LogP contribution in [-0.4, -0.2) is 29.1 Å². The van der Waals surface area contributed by atoms with Crippen LogP contribution >= 0.6 is 11.3 Å². The minimum atomic E-state index is -0.928. The number of aryl methyl sites for hydroxylation is 1. The second-order valence-electron chi connectivity index (χ2n) is 6.08. The maximum Gasteiger partial charge on any atom is 0.347 e. The van der Waals surface area contributed by atoms with Crippen molar-refractivity contribution in [1.29, 1.82) is 0 Å². The predicted octanol–water partition coefficient (Wildman–Crippen LogP) is 4.13. The molecule has 2 heterocycles. The highest BCUT2D eigenvalue weighted by Crippen LogP contribution is 2.28. The first-order valence-corrected chi connectivity index (χ1v) is 8.67. The van der Waals surface area contributed by atoms with Gasteiger partial charge in [0.25, 0.3) is 0 Å². The first kappa shape index (κ1) is 15.8. The molecule has 6 heteroatoms. The van der Waals surface area contributed by atoms with Gasteiger partial charge < -0.3 is 15.3 Å². The number of aromatic nitrogens is 1. The molecule has 1 aliphatic rings. The summed E-state index contributed by atoms with van der Waals surface area (Å²) in [7, 11) is 0. The van der Waals surface area contributed by atoms with Gasteiger partial charge in [-0.25, -0.2) is 9.78 Å². The van der Waals surface area contributed by atoms with Crippen molar-refractivity contribution >= 4 is 33.8 Å². The SMILES string of the molecule is Cc1nc(Nc2ccc(N3CCC(C)CC3)cc2)sc1C(=O)O. The Morgan fingerprint density at radius 1 is 1.30 bits per heavy atom. The number of rotatable bonds is 4. The van der Waals surface area contributed by atoms with Gasteiger partial charge in [0.05, 0.1) is 5.69 Å². The topological polar surface area (TPSA) is 65.5 Å². The molecule has 3 rings (SSSR count). The number of hydrogen-bond acceptors (Lipinski definition) is 5. The number of nitrogens with zero attached hydrogens (tertiary/aromatic N) is 2. The number of aromatic carboxylic acids is 1. The van der Waals surface area contributed by atoms with Gasteiger partial charge in [0.1, 0.15) is 4.88 Å². The number of nitrogens with one attached hydrogen (secondary N) is 1. The molecule has 0 unspecified atom stereocenters. The van der Waals surface area contributed by atoms with Gasteiger partial charge in [-0.3, -0.25) is 0 Å². The molecule has 0 aliphatic carbocycles. The van der Waals surface area contributed by atoms with Crippen LogP contribution in [-0.2, 0) is 0 Å². The molecule has 0 atom stereocenters. The van der Waals surface area contributed by atoms with Crippen molar-refractivity contribution in [1.82, 2.24) is 4.98 Å². The Balaban J connectivity index is 1.68. The minimum absolute atomic E-state index is 0.284. The van der Waals surface area contributed by atoms with E-state index in [4.69, 9.17) is 5.11 Å². The Hall–Kier alpha value is -2.08. The lowest BCUT2D eigenvalue weighted by molar-refractivity contribution is 0.0701. The molecule has 2 aromatic rings. The summed E-state index contributed by atoms with van der Waals surface area (Å²) in [4.78, 5) is 18.0. The lowest BCUT2D eigenvalue weighted by atomic mass is 9.99. The highest BCUT2D eigenvalue weighted by molar-refractivity contribution is 7.17. The smallest absolute Gasteiger partial charge is 0.347 e. The van der Waals surface area contributed by atoms with Crippen molar-refractivity contribution in [3.8, 4) is 0 Å². The van der Waals surface area contributed by atoms with E-state index in [1.54, 1.807) is 6.92 Å². The van der Waals surface area contributed by atoms with Crippen molar-refractivity contribution in [3.63, 3.8) is 0 Å². The summed E-state index contributed by atoms with van der Waals surface area (Å²) in [5, 5.41) is 12.9. The van der Waals surface area contributed by atoms with Gasteiger partial charge >= 0.3 is 5.97 Å².